The molecule has 1 N–H and O–H groups in total. The SMILES string of the molecule is CCN(Cc1ccccc1)c1cc(C(=O)Nc2cccc(OC)c2)ccn1. The molecule has 0 bridgehead atoms. The summed E-state index contributed by atoms with van der Waals surface area (Å²) < 4.78 is 5.20. The number of hydrogen-bond donors (Lipinski definition) is 1. The average Bonchev–Trinajstić information content (AvgIpc) is 2.73. The Morgan fingerprint density at radius 3 is 2.63 bits per heavy atom. The number of carbonyl (C=O) groups is 1. The van der Waals surface area contributed by atoms with Gasteiger partial charge in [-0.05, 0) is 36.8 Å². The molecule has 138 valence electrons. The Hall–Kier alpha value is -3.34. The van der Waals surface area contributed by atoms with Gasteiger partial charge in [0.25, 0.3) is 5.91 Å². The lowest BCUT2D eigenvalue weighted by Crippen LogP contribution is -2.23. The Kier molecular flexibility index (Phi) is 6.05. The summed E-state index contributed by atoms with van der Waals surface area (Å²) in [6.07, 6.45) is 1.67. The molecule has 0 aliphatic carbocycles. The molecule has 0 fully saturated rings. The molecule has 0 radical (unpaired) electrons. The van der Waals surface area contributed by atoms with Crippen LogP contribution in [-0.4, -0.2) is 24.5 Å². The lowest BCUT2D eigenvalue weighted by atomic mass is 10.2. The number of carbonyl (C=O) groups excluding carboxylic acids is 1. The maximum atomic E-state index is 12.6. The Balaban J connectivity index is 1.76. The molecule has 0 atom stereocenters. The van der Waals surface area contributed by atoms with Gasteiger partial charge in [0.2, 0.25) is 0 Å². The van der Waals surface area contributed by atoms with Crippen molar-refractivity contribution < 1.29 is 9.53 Å². The minimum atomic E-state index is -0.178. The molecule has 5 heteroatoms. The van der Waals surface area contributed by atoms with Crippen molar-refractivity contribution in [2.45, 2.75) is 13.5 Å². The largest absolute Gasteiger partial charge is 0.497 e. The summed E-state index contributed by atoms with van der Waals surface area (Å²) in [6, 6.07) is 21.0. The molecule has 3 rings (SSSR count). The van der Waals surface area contributed by atoms with Crippen LogP contribution >= 0.6 is 0 Å². The highest BCUT2D eigenvalue weighted by Gasteiger charge is 2.12. The normalized spacial score (nSPS) is 10.3. The summed E-state index contributed by atoms with van der Waals surface area (Å²) in [4.78, 5) is 19.2. The van der Waals surface area contributed by atoms with E-state index in [0.29, 0.717) is 17.0 Å². The summed E-state index contributed by atoms with van der Waals surface area (Å²) >= 11 is 0. The highest BCUT2D eigenvalue weighted by Crippen LogP contribution is 2.19. The first-order valence-corrected chi connectivity index (χ1v) is 8.90. The fourth-order valence-electron chi connectivity index (χ4n) is 2.80. The monoisotopic (exact) mass is 361 g/mol. The third kappa shape index (κ3) is 4.85. The molecule has 3 aromatic rings. The number of anilines is 2. The standard InChI is InChI=1S/C22H23N3O2/c1-3-25(16-17-8-5-4-6-9-17)21-14-18(12-13-23-21)22(26)24-19-10-7-11-20(15-19)27-2/h4-15H,3,16H2,1-2H3,(H,24,26). The molecule has 0 saturated carbocycles. The van der Waals surface area contributed by atoms with Gasteiger partial charge in [-0.1, -0.05) is 36.4 Å². The van der Waals surface area contributed by atoms with Gasteiger partial charge in [-0.3, -0.25) is 4.79 Å². The summed E-state index contributed by atoms with van der Waals surface area (Å²) in [5.41, 5.74) is 2.45. The van der Waals surface area contributed by atoms with Crippen LogP contribution in [0.4, 0.5) is 11.5 Å². The molecular formula is C22H23N3O2. The van der Waals surface area contributed by atoms with Crippen molar-refractivity contribution in [2.75, 3.05) is 23.9 Å². The van der Waals surface area contributed by atoms with Crippen molar-refractivity contribution in [3.05, 3.63) is 84.1 Å². The fraction of sp³-hybridized carbons (Fsp3) is 0.182. The number of benzene rings is 2. The van der Waals surface area contributed by atoms with Gasteiger partial charge in [0, 0.05) is 36.6 Å². The molecule has 0 saturated heterocycles. The van der Waals surface area contributed by atoms with Gasteiger partial charge >= 0.3 is 0 Å². The van der Waals surface area contributed by atoms with E-state index in [1.165, 1.54) is 5.56 Å². The number of nitrogens with one attached hydrogen (secondary N) is 1. The number of nitrogens with zero attached hydrogens (tertiary/aromatic N) is 2. The Bertz CT molecular complexity index is 897. The quantitative estimate of drug-likeness (QED) is 0.679. The minimum absolute atomic E-state index is 0.178. The summed E-state index contributed by atoms with van der Waals surface area (Å²) in [5.74, 6) is 1.30. The van der Waals surface area contributed by atoms with E-state index >= 15 is 0 Å². The van der Waals surface area contributed by atoms with Gasteiger partial charge in [-0.15, -0.1) is 0 Å². The summed E-state index contributed by atoms with van der Waals surface area (Å²) in [6.45, 7) is 3.61. The van der Waals surface area contributed by atoms with E-state index in [-0.39, 0.29) is 5.91 Å². The average molecular weight is 361 g/mol. The van der Waals surface area contributed by atoms with Gasteiger partial charge in [0.15, 0.2) is 0 Å². The van der Waals surface area contributed by atoms with Crippen molar-refractivity contribution in [3.8, 4) is 5.75 Å². The predicted molar refractivity (Wildman–Crippen MR) is 108 cm³/mol. The van der Waals surface area contributed by atoms with E-state index < -0.39 is 0 Å². The van der Waals surface area contributed by atoms with Crippen LogP contribution in [0.25, 0.3) is 0 Å². The molecular weight excluding hydrogens is 338 g/mol. The summed E-state index contributed by atoms with van der Waals surface area (Å²) in [5, 5.41) is 2.90. The van der Waals surface area contributed by atoms with E-state index in [4.69, 9.17) is 4.74 Å². The second kappa shape index (κ2) is 8.85. The van der Waals surface area contributed by atoms with Crippen LogP contribution in [0.2, 0.25) is 0 Å². The first kappa shape index (κ1) is 18.5. The highest BCUT2D eigenvalue weighted by molar-refractivity contribution is 6.04. The van der Waals surface area contributed by atoms with Crippen molar-refractivity contribution in [2.24, 2.45) is 0 Å². The van der Waals surface area contributed by atoms with Gasteiger partial charge in [0.05, 0.1) is 7.11 Å². The van der Waals surface area contributed by atoms with Crippen molar-refractivity contribution in [1.29, 1.82) is 0 Å². The number of amides is 1. The van der Waals surface area contributed by atoms with Crippen LogP contribution in [-0.2, 0) is 6.54 Å². The maximum absolute atomic E-state index is 12.6. The molecule has 0 aliphatic heterocycles. The Labute approximate surface area is 159 Å². The van der Waals surface area contributed by atoms with Crippen LogP contribution in [0.5, 0.6) is 5.75 Å². The van der Waals surface area contributed by atoms with Crippen LogP contribution in [0.3, 0.4) is 0 Å². The smallest absolute Gasteiger partial charge is 0.255 e. The molecule has 0 unspecified atom stereocenters. The number of aromatic nitrogens is 1. The van der Waals surface area contributed by atoms with Gasteiger partial charge in [0.1, 0.15) is 11.6 Å². The molecule has 5 nitrogen and oxygen atoms in total. The van der Waals surface area contributed by atoms with E-state index in [1.54, 1.807) is 25.4 Å². The molecule has 1 aromatic heterocycles. The highest BCUT2D eigenvalue weighted by atomic mass is 16.5. The molecule has 0 spiro atoms. The second-order valence-corrected chi connectivity index (χ2v) is 6.09. The lowest BCUT2D eigenvalue weighted by molar-refractivity contribution is 0.102. The third-order valence-corrected chi connectivity index (χ3v) is 4.26. The van der Waals surface area contributed by atoms with Crippen LogP contribution in [0, 0.1) is 0 Å². The zero-order valence-corrected chi connectivity index (χ0v) is 15.6. The zero-order chi connectivity index (χ0) is 19.1. The zero-order valence-electron chi connectivity index (χ0n) is 15.6. The predicted octanol–water partition coefficient (Wildman–Crippen LogP) is 4.37. The van der Waals surface area contributed by atoms with Crippen LogP contribution < -0.4 is 15.0 Å². The van der Waals surface area contributed by atoms with Crippen molar-refractivity contribution >= 4 is 17.4 Å². The molecule has 27 heavy (non-hydrogen) atoms. The summed E-state index contributed by atoms with van der Waals surface area (Å²) in [7, 11) is 1.60. The lowest BCUT2D eigenvalue weighted by Gasteiger charge is -2.22. The van der Waals surface area contributed by atoms with Crippen molar-refractivity contribution in [1.82, 2.24) is 4.98 Å². The van der Waals surface area contributed by atoms with Gasteiger partial charge in [-0.25, -0.2) is 4.98 Å². The topological polar surface area (TPSA) is 54.5 Å². The first-order valence-electron chi connectivity index (χ1n) is 8.90. The fourth-order valence-corrected chi connectivity index (χ4v) is 2.80. The maximum Gasteiger partial charge on any atom is 0.255 e. The molecule has 0 aliphatic rings. The Morgan fingerprint density at radius 1 is 1.07 bits per heavy atom. The van der Waals surface area contributed by atoms with Gasteiger partial charge in [-0.2, -0.15) is 0 Å². The van der Waals surface area contributed by atoms with Crippen molar-refractivity contribution in [3.63, 3.8) is 0 Å². The number of pyridine rings is 1. The number of ether oxygens (including phenoxy) is 1. The van der Waals surface area contributed by atoms with Crippen LogP contribution in [0.15, 0.2) is 72.9 Å². The molecule has 1 heterocycles. The number of methoxy groups -OCH3 is 1. The van der Waals surface area contributed by atoms with E-state index in [2.05, 4.69) is 34.3 Å². The van der Waals surface area contributed by atoms with Crippen LogP contribution in [0.1, 0.15) is 22.8 Å². The number of rotatable bonds is 7. The second-order valence-electron chi connectivity index (χ2n) is 6.09. The van der Waals surface area contributed by atoms with E-state index in [9.17, 15) is 4.79 Å². The van der Waals surface area contributed by atoms with E-state index in [1.807, 2.05) is 42.5 Å². The van der Waals surface area contributed by atoms with E-state index in [0.717, 1.165) is 18.9 Å². The first-order chi connectivity index (χ1) is 13.2. The molecule has 1 amide bonds. The number of hydrogen-bond acceptors (Lipinski definition) is 4. The minimum Gasteiger partial charge on any atom is -0.497 e. The third-order valence-electron chi connectivity index (χ3n) is 4.26. The van der Waals surface area contributed by atoms with Gasteiger partial charge < -0.3 is 15.0 Å². The molecule has 2 aromatic carbocycles. The Morgan fingerprint density at radius 2 is 1.89 bits per heavy atom.